The van der Waals surface area contributed by atoms with Gasteiger partial charge in [-0.3, -0.25) is 4.79 Å². The van der Waals surface area contributed by atoms with E-state index in [2.05, 4.69) is 36.0 Å². The number of fused-ring (bicyclic) bond motifs is 1. The van der Waals surface area contributed by atoms with Crippen LogP contribution in [0.5, 0.6) is 0 Å². The van der Waals surface area contributed by atoms with Crippen molar-refractivity contribution in [3.8, 4) is 0 Å². The highest BCUT2D eigenvalue weighted by Crippen LogP contribution is 2.19. The summed E-state index contributed by atoms with van der Waals surface area (Å²) in [4.78, 5) is 12.0. The average molecular weight is 367 g/mol. The Labute approximate surface area is 137 Å². The van der Waals surface area contributed by atoms with Crippen LogP contribution in [0.25, 0.3) is 0 Å². The predicted molar refractivity (Wildman–Crippen MR) is 84.8 cm³/mol. The molecule has 1 aliphatic rings. The molecular formula is C15H19BrN4O2. The molecule has 0 spiro atoms. The van der Waals surface area contributed by atoms with Crippen molar-refractivity contribution in [3.05, 3.63) is 33.7 Å². The van der Waals surface area contributed by atoms with Crippen molar-refractivity contribution in [2.45, 2.75) is 45.6 Å². The molecule has 0 aliphatic carbocycles. The first kappa shape index (κ1) is 15.3. The lowest BCUT2D eigenvalue weighted by Gasteiger charge is -2.14. The van der Waals surface area contributed by atoms with Crippen LogP contribution in [0.1, 0.15) is 47.0 Å². The molecule has 0 saturated carbocycles. The quantitative estimate of drug-likeness (QED) is 0.825. The summed E-state index contributed by atoms with van der Waals surface area (Å²) < 4.78 is 8.13. The van der Waals surface area contributed by atoms with Crippen molar-refractivity contribution in [2.24, 2.45) is 0 Å². The minimum absolute atomic E-state index is 0.175. The van der Waals surface area contributed by atoms with Gasteiger partial charge in [0.05, 0.1) is 0 Å². The lowest BCUT2D eigenvalue weighted by molar-refractivity contribution is 0.0923. The first-order valence-electron chi connectivity index (χ1n) is 7.60. The maximum Gasteiger partial charge on any atom is 0.287 e. The zero-order valence-corrected chi connectivity index (χ0v) is 14.1. The first-order chi connectivity index (χ1) is 10.6. The van der Waals surface area contributed by atoms with Crippen molar-refractivity contribution in [1.82, 2.24) is 20.1 Å². The number of aryl methyl sites for hydroxylation is 3. The number of hydrogen-bond donors (Lipinski definition) is 1. The number of nitrogens with one attached hydrogen (secondary N) is 1. The molecule has 0 aromatic carbocycles. The molecule has 3 rings (SSSR count). The van der Waals surface area contributed by atoms with Crippen molar-refractivity contribution in [1.29, 1.82) is 0 Å². The van der Waals surface area contributed by atoms with E-state index in [1.54, 1.807) is 6.07 Å². The maximum absolute atomic E-state index is 12.0. The monoisotopic (exact) mass is 366 g/mol. The van der Waals surface area contributed by atoms with Crippen LogP contribution < -0.4 is 5.32 Å². The van der Waals surface area contributed by atoms with Crippen LogP contribution in [0, 0.1) is 6.92 Å². The van der Waals surface area contributed by atoms with Crippen molar-refractivity contribution in [3.63, 3.8) is 0 Å². The van der Waals surface area contributed by atoms with Gasteiger partial charge in [0.25, 0.3) is 5.91 Å². The lowest BCUT2D eigenvalue weighted by atomic mass is 10.1. The van der Waals surface area contributed by atoms with Crippen molar-refractivity contribution in [2.75, 3.05) is 6.54 Å². The summed E-state index contributed by atoms with van der Waals surface area (Å²) in [7, 11) is 0. The second kappa shape index (κ2) is 6.64. The smallest absolute Gasteiger partial charge is 0.287 e. The topological polar surface area (TPSA) is 73.0 Å². The Hall–Kier alpha value is -1.63. The molecule has 1 amide bonds. The first-order valence-corrected chi connectivity index (χ1v) is 8.39. The molecule has 0 saturated heterocycles. The molecule has 7 heteroatoms. The van der Waals surface area contributed by atoms with E-state index in [1.807, 2.05) is 6.92 Å². The largest absolute Gasteiger partial charge is 0.444 e. The van der Waals surface area contributed by atoms with Gasteiger partial charge in [-0.25, -0.2) is 0 Å². The normalized spacial score (nSPS) is 13.9. The van der Waals surface area contributed by atoms with E-state index in [0.717, 1.165) is 43.0 Å². The van der Waals surface area contributed by atoms with E-state index >= 15 is 0 Å². The minimum Gasteiger partial charge on any atom is -0.444 e. The fourth-order valence-corrected chi connectivity index (χ4v) is 3.26. The zero-order chi connectivity index (χ0) is 15.5. The standard InChI is InChI=1S/C15H19BrN4O2/c1-10-9-11(16)22-14(10)15(21)17-7-4-6-13-19-18-12-5-2-3-8-20(12)13/h9H,2-8H2,1H3,(H,17,21). The molecule has 0 bridgehead atoms. The van der Waals surface area contributed by atoms with Gasteiger partial charge in [0, 0.05) is 31.5 Å². The zero-order valence-electron chi connectivity index (χ0n) is 12.6. The van der Waals surface area contributed by atoms with Gasteiger partial charge in [0.1, 0.15) is 11.6 Å². The number of rotatable bonds is 5. The van der Waals surface area contributed by atoms with Crippen molar-refractivity contribution < 1.29 is 9.21 Å². The van der Waals surface area contributed by atoms with E-state index in [4.69, 9.17) is 4.42 Å². The Morgan fingerprint density at radius 1 is 1.45 bits per heavy atom. The number of halogens is 1. The van der Waals surface area contributed by atoms with Crippen LogP contribution >= 0.6 is 15.9 Å². The molecular weight excluding hydrogens is 348 g/mol. The molecule has 3 heterocycles. The number of nitrogens with zero attached hydrogens (tertiary/aromatic N) is 3. The van der Waals surface area contributed by atoms with Crippen LogP contribution in [0.15, 0.2) is 15.2 Å². The van der Waals surface area contributed by atoms with E-state index in [-0.39, 0.29) is 5.91 Å². The summed E-state index contributed by atoms with van der Waals surface area (Å²) in [6.07, 6.45) is 5.09. The summed E-state index contributed by atoms with van der Waals surface area (Å²) in [6.45, 7) is 3.47. The van der Waals surface area contributed by atoms with Gasteiger partial charge < -0.3 is 14.3 Å². The SMILES string of the molecule is Cc1cc(Br)oc1C(=O)NCCCc1nnc2n1CCCC2. The number of carbonyl (C=O) groups excluding carboxylic acids is 1. The highest BCUT2D eigenvalue weighted by atomic mass is 79.9. The third-order valence-electron chi connectivity index (χ3n) is 3.89. The fourth-order valence-electron chi connectivity index (χ4n) is 2.75. The van der Waals surface area contributed by atoms with E-state index in [9.17, 15) is 4.79 Å². The average Bonchev–Trinajstić information content (AvgIpc) is 3.07. The van der Waals surface area contributed by atoms with Crippen molar-refractivity contribution >= 4 is 21.8 Å². The van der Waals surface area contributed by atoms with Crippen LogP contribution in [-0.4, -0.2) is 27.2 Å². The number of amides is 1. The Balaban J connectivity index is 1.49. The van der Waals surface area contributed by atoms with Gasteiger partial charge in [-0.15, -0.1) is 10.2 Å². The number of carbonyl (C=O) groups is 1. The predicted octanol–water partition coefficient (Wildman–Crippen LogP) is 2.64. The summed E-state index contributed by atoms with van der Waals surface area (Å²) in [5.41, 5.74) is 0.830. The molecule has 0 unspecified atom stereocenters. The highest BCUT2D eigenvalue weighted by molar-refractivity contribution is 9.10. The molecule has 0 atom stereocenters. The molecule has 0 fully saturated rings. The van der Waals surface area contributed by atoms with E-state index in [0.29, 0.717) is 17.0 Å². The third kappa shape index (κ3) is 3.24. The Morgan fingerprint density at radius 2 is 2.32 bits per heavy atom. The molecule has 1 N–H and O–H groups in total. The Bertz CT molecular complexity index is 677. The molecule has 6 nitrogen and oxygen atoms in total. The van der Waals surface area contributed by atoms with Gasteiger partial charge in [-0.1, -0.05) is 0 Å². The third-order valence-corrected chi connectivity index (χ3v) is 4.28. The van der Waals surface area contributed by atoms with Crippen LogP contribution in [-0.2, 0) is 19.4 Å². The molecule has 2 aromatic heterocycles. The second-order valence-corrected chi connectivity index (χ2v) is 6.34. The summed E-state index contributed by atoms with van der Waals surface area (Å²) >= 11 is 3.23. The minimum atomic E-state index is -0.175. The van der Waals surface area contributed by atoms with Gasteiger partial charge in [0.15, 0.2) is 10.4 Å². The maximum atomic E-state index is 12.0. The number of furan rings is 1. The Morgan fingerprint density at radius 3 is 3.09 bits per heavy atom. The van der Waals surface area contributed by atoms with E-state index in [1.165, 1.54) is 12.8 Å². The second-order valence-electron chi connectivity index (χ2n) is 5.56. The van der Waals surface area contributed by atoms with Gasteiger partial charge >= 0.3 is 0 Å². The molecule has 1 aliphatic heterocycles. The molecule has 2 aromatic rings. The van der Waals surface area contributed by atoms with Crippen LogP contribution in [0.2, 0.25) is 0 Å². The summed E-state index contributed by atoms with van der Waals surface area (Å²) in [5, 5.41) is 11.4. The summed E-state index contributed by atoms with van der Waals surface area (Å²) in [5.74, 6) is 2.32. The highest BCUT2D eigenvalue weighted by Gasteiger charge is 2.16. The fraction of sp³-hybridized carbons (Fsp3) is 0.533. The molecule has 118 valence electrons. The van der Waals surface area contributed by atoms with Crippen LogP contribution in [0.3, 0.4) is 0 Å². The Kier molecular flexibility index (Phi) is 4.61. The number of hydrogen-bond acceptors (Lipinski definition) is 4. The van der Waals surface area contributed by atoms with Gasteiger partial charge in [-0.2, -0.15) is 0 Å². The van der Waals surface area contributed by atoms with Gasteiger partial charge in [0.2, 0.25) is 0 Å². The lowest BCUT2D eigenvalue weighted by Crippen LogP contribution is -2.25. The summed E-state index contributed by atoms with van der Waals surface area (Å²) in [6, 6.07) is 1.79. The molecule has 22 heavy (non-hydrogen) atoms. The molecule has 0 radical (unpaired) electrons. The van der Waals surface area contributed by atoms with E-state index < -0.39 is 0 Å². The number of aromatic nitrogens is 3. The van der Waals surface area contributed by atoms with Gasteiger partial charge in [-0.05, 0) is 48.2 Å². The van der Waals surface area contributed by atoms with Crippen LogP contribution in [0.4, 0.5) is 0 Å².